The second kappa shape index (κ2) is 5.91. The molecule has 1 atom stereocenters. The number of rotatable bonds is 3. The molecule has 2 aliphatic rings. The van der Waals surface area contributed by atoms with Crippen LogP contribution in [0, 0.1) is 5.41 Å². The van der Waals surface area contributed by atoms with Crippen LogP contribution in [0.2, 0.25) is 0 Å². The first-order valence-corrected chi connectivity index (χ1v) is 9.70. The van der Waals surface area contributed by atoms with E-state index >= 15 is 0 Å². The summed E-state index contributed by atoms with van der Waals surface area (Å²) in [6, 6.07) is 12.9. The molecule has 1 unspecified atom stereocenters. The number of nitrogens with zero attached hydrogens (tertiary/aromatic N) is 4. The van der Waals surface area contributed by atoms with Gasteiger partial charge in [-0.1, -0.05) is 44.2 Å². The second-order valence-corrected chi connectivity index (χ2v) is 8.59. The lowest BCUT2D eigenvalue weighted by molar-refractivity contribution is 0.0777. The smallest absolute Gasteiger partial charge is 0.255 e. The summed E-state index contributed by atoms with van der Waals surface area (Å²) in [6.07, 6.45) is 5.96. The number of imidazole rings is 1. The van der Waals surface area contributed by atoms with Crippen molar-refractivity contribution >= 4 is 17.1 Å². The minimum Gasteiger partial charge on any atom is -0.337 e. The molecule has 3 heterocycles. The Hall–Kier alpha value is -2.69. The van der Waals surface area contributed by atoms with Crippen LogP contribution in [0.4, 0.5) is 0 Å². The molecule has 1 saturated carbocycles. The summed E-state index contributed by atoms with van der Waals surface area (Å²) < 4.78 is 2.13. The molecule has 1 aliphatic carbocycles. The highest BCUT2D eigenvalue weighted by Crippen LogP contribution is 2.42. The highest BCUT2D eigenvalue weighted by atomic mass is 16.2. The maximum Gasteiger partial charge on any atom is 0.255 e. The highest BCUT2D eigenvalue weighted by molar-refractivity contribution is 5.96. The third-order valence-electron chi connectivity index (χ3n) is 6.03. The van der Waals surface area contributed by atoms with Gasteiger partial charge in [0.15, 0.2) is 5.65 Å². The number of amides is 1. The summed E-state index contributed by atoms with van der Waals surface area (Å²) >= 11 is 0. The minimum atomic E-state index is 0.0437. The van der Waals surface area contributed by atoms with Crippen molar-refractivity contribution < 1.29 is 4.79 Å². The molecule has 5 nitrogen and oxygen atoms in total. The molecule has 0 bridgehead atoms. The first-order valence-electron chi connectivity index (χ1n) is 9.70. The van der Waals surface area contributed by atoms with Crippen LogP contribution in [0.1, 0.15) is 54.6 Å². The Morgan fingerprint density at radius 3 is 2.67 bits per heavy atom. The van der Waals surface area contributed by atoms with Crippen molar-refractivity contribution in [3.63, 3.8) is 0 Å². The molecule has 3 aromatic rings. The Balaban J connectivity index is 1.41. The van der Waals surface area contributed by atoms with E-state index in [9.17, 15) is 4.79 Å². The molecule has 27 heavy (non-hydrogen) atoms. The van der Waals surface area contributed by atoms with Gasteiger partial charge in [-0.3, -0.25) is 4.79 Å². The topological polar surface area (TPSA) is 51.0 Å². The van der Waals surface area contributed by atoms with Gasteiger partial charge < -0.3 is 9.47 Å². The molecule has 2 fully saturated rings. The van der Waals surface area contributed by atoms with Gasteiger partial charge in [-0.25, -0.2) is 9.97 Å². The van der Waals surface area contributed by atoms with E-state index in [4.69, 9.17) is 0 Å². The van der Waals surface area contributed by atoms with Gasteiger partial charge in [0.25, 0.3) is 5.91 Å². The fraction of sp³-hybridized carbons (Fsp3) is 0.409. The van der Waals surface area contributed by atoms with E-state index in [-0.39, 0.29) is 11.3 Å². The molecule has 1 aliphatic heterocycles. The number of carbonyl (C=O) groups is 1. The van der Waals surface area contributed by atoms with E-state index in [1.807, 2.05) is 23.4 Å². The summed E-state index contributed by atoms with van der Waals surface area (Å²) in [6.45, 7) is 5.98. The molecule has 5 rings (SSSR count). The fourth-order valence-electron chi connectivity index (χ4n) is 4.37. The van der Waals surface area contributed by atoms with Crippen LogP contribution >= 0.6 is 0 Å². The number of likely N-dealkylation sites (tertiary alicyclic amines) is 1. The zero-order valence-corrected chi connectivity index (χ0v) is 15.8. The van der Waals surface area contributed by atoms with Crippen LogP contribution in [0.3, 0.4) is 0 Å². The number of pyridine rings is 1. The summed E-state index contributed by atoms with van der Waals surface area (Å²) in [5.41, 5.74) is 3.67. The number of fused-ring (bicyclic) bond motifs is 1. The maximum absolute atomic E-state index is 13.2. The lowest BCUT2D eigenvalue weighted by Crippen LogP contribution is -2.30. The third-order valence-corrected chi connectivity index (χ3v) is 6.03. The van der Waals surface area contributed by atoms with Crippen molar-refractivity contribution in [1.29, 1.82) is 0 Å². The van der Waals surface area contributed by atoms with Crippen LogP contribution in [0.15, 0.2) is 48.9 Å². The van der Waals surface area contributed by atoms with Gasteiger partial charge >= 0.3 is 0 Å². The predicted octanol–water partition coefficient (Wildman–Crippen LogP) is 4.03. The van der Waals surface area contributed by atoms with Gasteiger partial charge in [0.2, 0.25) is 0 Å². The Kier molecular flexibility index (Phi) is 3.61. The van der Waals surface area contributed by atoms with Crippen LogP contribution < -0.4 is 0 Å². The van der Waals surface area contributed by atoms with E-state index in [1.54, 1.807) is 6.20 Å². The van der Waals surface area contributed by atoms with E-state index in [1.165, 1.54) is 18.4 Å². The third kappa shape index (κ3) is 2.82. The van der Waals surface area contributed by atoms with E-state index in [0.29, 0.717) is 17.5 Å². The molecular formula is C22H24N4O. The molecular weight excluding hydrogens is 336 g/mol. The van der Waals surface area contributed by atoms with Crippen LogP contribution in [0.25, 0.3) is 11.2 Å². The standard InChI is InChI=1S/C22H24N4O/c1-22(2)13-25(12-18(22)15-6-4-3-5-7-15)21(27)16-10-19-20(23-11-16)26(14-24-19)17-8-9-17/h3-7,10-11,14,17-18H,8-9,12-13H2,1-2H3. The van der Waals surface area contributed by atoms with Crippen molar-refractivity contribution in [3.05, 3.63) is 60.0 Å². The van der Waals surface area contributed by atoms with Gasteiger partial charge in [0, 0.05) is 31.2 Å². The normalized spacial score (nSPS) is 21.7. The molecule has 1 saturated heterocycles. The van der Waals surface area contributed by atoms with Crippen molar-refractivity contribution in [3.8, 4) is 0 Å². The monoisotopic (exact) mass is 360 g/mol. The summed E-state index contributed by atoms with van der Waals surface area (Å²) in [5.74, 6) is 0.394. The first kappa shape index (κ1) is 16.5. The zero-order chi connectivity index (χ0) is 18.6. The van der Waals surface area contributed by atoms with Gasteiger partial charge in [-0.2, -0.15) is 0 Å². The molecule has 2 aromatic heterocycles. The average Bonchev–Trinajstić information content (AvgIpc) is 3.34. The largest absolute Gasteiger partial charge is 0.337 e. The molecule has 0 radical (unpaired) electrons. The minimum absolute atomic E-state index is 0.0437. The predicted molar refractivity (Wildman–Crippen MR) is 105 cm³/mol. The van der Waals surface area contributed by atoms with Crippen molar-refractivity contribution in [1.82, 2.24) is 19.4 Å². The van der Waals surface area contributed by atoms with Gasteiger partial charge in [-0.05, 0) is 29.9 Å². The van der Waals surface area contributed by atoms with Crippen molar-refractivity contribution in [2.45, 2.75) is 38.6 Å². The summed E-state index contributed by atoms with van der Waals surface area (Å²) in [5, 5.41) is 0. The number of benzene rings is 1. The Labute approximate surface area is 159 Å². The number of hydrogen-bond acceptors (Lipinski definition) is 3. The Morgan fingerprint density at radius 1 is 1.15 bits per heavy atom. The lowest BCUT2D eigenvalue weighted by atomic mass is 9.78. The molecule has 0 N–H and O–H groups in total. The van der Waals surface area contributed by atoms with E-state index < -0.39 is 0 Å². The number of carbonyl (C=O) groups excluding carboxylic acids is 1. The zero-order valence-electron chi connectivity index (χ0n) is 15.8. The highest BCUT2D eigenvalue weighted by Gasteiger charge is 2.42. The summed E-state index contributed by atoms with van der Waals surface area (Å²) in [4.78, 5) is 24.2. The van der Waals surface area contributed by atoms with Crippen LogP contribution in [-0.2, 0) is 0 Å². The van der Waals surface area contributed by atoms with Gasteiger partial charge in [-0.15, -0.1) is 0 Å². The van der Waals surface area contributed by atoms with E-state index in [0.717, 1.165) is 24.3 Å². The first-order chi connectivity index (χ1) is 13.0. The van der Waals surface area contributed by atoms with Crippen molar-refractivity contribution in [2.24, 2.45) is 5.41 Å². The number of aromatic nitrogens is 3. The molecule has 1 amide bonds. The van der Waals surface area contributed by atoms with Crippen molar-refractivity contribution in [2.75, 3.05) is 13.1 Å². The molecule has 1 aromatic carbocycles. The average molecular weight is 360 g/mol. The molecule has 5 heteroatoms. The van der Waals surface area contributed by atoms with Crippen LogP contribution in [0.5, 0.6) is 0 Å². The summed E-state index contributed by atoms with van der Waals surface area (Å²) in [7, 11) is 0. The van der Waals surface area contributed by atoms with Crippen LogP contribution in [-0.4, -0.2) is 38.4 Å². The van der Waals surface area contributed by atoms with Gasteiger partial charge in [0.05, 0.1) is 11.9 Å². The van der Waals surface area contributed by atoms with E-state index in [2.05, 4.69) is 52.6 Å². The second-order valence-electron chi connectivity index (χ2n) is 8.59. The lowest BCUT2D eigenvalue weighted by Gasteiger charge is -2.25. The quantitative estimate of drug-likeness (QED) is 0.708. The van der Waals surface area contributed by atoms with Gasteiger partial charge in [0.1, 0.15) is 5.52 Å². The molecule has 138 valence electrons. The maximum atomic E-state index is 13.2. The SMILES string of the molecule is CC1(C)CN(C(=O)c2cnc3c(c2)ncn3C2CC2)CC1c1ccccc1. The molecule has 0 spiro atoms. The Bertz CT molecular complexity index is 1000. The number of hydrogen-bond donors (Lipinski definition) is 0. The Morgan fingerprint density at radius 2 is 1.93 bits per heavy atom. The fourth-order valence-corrected chi connectivity index (χ4v) is 4.37.